The molecule has 0 aromatic heterocycles. The van der Waals surface area contributed by atoms with Crippen molar-refractivity contribution in [2.45, 2.75) is 59.1 Å². The van der Waals surface area contributed by atoms with E-state index < -0.39 is 0 Å². The summed E-state index contributed by atoms with van der Waals surface area (Å²) in [6, 6.07) is 5.44. The van der Waals surface area contributed by atoms with E-state index in [4.69, 9.17) is 4.74 Å². The monoisotopic (exact) mass is 281 g/mol. The van der Waals surface area contributed by atoms with Gasteiger partial charge in [-0.05, 0) is 50.4 Å². The van der Waals surface area contributed by atoms with Crippen LogP contribution in [0.1, 0.15) is 57.7 Å². The van der Waals surface area contributed by atoms with Crippen molar-refractivity contribution >= 4 is 0 Å². The summed E-state index contributed by atoms with van der Waals surface area (Å²) in [4.78, 5) is 0. The molecule has 1 unspecified atom stereocenters. The van der Waals surface area contributed by atoms with Crippen molar-refractivity contribution in [3.8, 4) is 0 Å². The fourth-order valence-corrected chi connectivity index (χ4v) is 2.89. The zero-order chi connectivity index (χ0) is 15.2. The molecule has 0 saturated heterocycles. The van der Waals surface area contributed by atoms with Crippen molar-refractivity contribution in [2.24, 2.45) is 0 Å². The summed E-state index contributed by atoms with van der Waals surface area (Å²) in [6.07, 6.45) is 1.84. The first-order valence-electron chi connectivity index (χ1n) is 7.67. The lowest BCUT2D eigenvalue weighted by Gasteiger charge is -2.40. The first-order valence-corrected chi connectivity index (χ1v) is 7.67. The number of aryl methyl sites for hydroxylation is 1. The van der Waals surface area contributed by atoms with Gasteiger partial charge < -0.3 is 10.1 Å². The highest BCUT2D eigenvalue weighted by Crippen LogP contribution is 2.36. The van der Waals surface area contributed by atoms with E-state index in [9.17, 15) is 4.39 Å². The summed E-state index contributed by atoms with van der Waals surface area (Å²) in [7, 11) is 0. The largest absolute Gasteiger partial charge is 0.373 e. The van der Waals surface area contributed by atoms with Crippen LogP contribution >= 0.6 is 0 Å². The first-order chi connectivity index (χ1) is 9.54. The molecule has 0 radical (unpaired) electrons. The highest BCUT2D eigenvalue weighted by atomic mass is 19.1. The van der Waals surface area contributed by atoms with E-state index in [2.05, 4.69) is 26.1 Å². The van der Waals surface area contributed by atoms with Crippen molar-refractivity contribution < 1.29 is 9.13 Å². The van der Waals surface area contributed by atoms with Crippen LogP contribution < -0.4 is 5.32 Å². The Labute approximate surface area is 122 Å². The first kappa shape index (κ1) is 17.1. The maximum absolute atomic E-state index is 13.5. The average molecular weight is 281 g/mol. The van der Waals surface area contributed by atoms with Gasteiger partial charge in [0.2, 0.25) is 0 Å². The predicted octanol–water partition coefficient (Wildman–Crippen LogP) is 4.38. The summed E-state index contributed by atoms with van der Waals surface area (Å²) in [5.41, 5.74) is 1.54. The standard InChI is InChI=1S/C17H28FNO/c1-6-17(7-2,20-9-4)16(19-8-3)14-10-11-15(18)13(5)12-14/h10-12,16,19H,6-9H2,1-5H3. The Bertz CT molecular complexity index is 415. The normalized spacial score (nSPS) is 13.5. The maximum atomic E-state index is 13.5. The van der Waals surface area contributed by atoms with Gasteiger partial charge in [-0.1, -0.05) is 32.9 Å². The summed E-state index contributed by atoms with van der Waals surface area (Å²) >= 11 is 0. The van der Waals surface area contributed by atoms with E-state index in [0.717, 1.165) is 24.9 Å². The summed E-state index contributed by atoms with van der Waals surface area (Å²) in [6.45, 7) is 11.8. The van der Waals surface area contributed by atoms with Crippen LogP contribution in [0.2, 0.25) is 0 Å². The third kappa shape index (κ3) is 3.58. The molecule has 0 spiro atoms. The van der Waals surface area contributed by atoms with Gasteiger partial charge in [0, 0.05) is 6.61 Å². The van der Waals surface area contributed by atoms with E-state index in [1.165, 1.54) is 0 Å². The Morgan fingerprint density at radius 3 is 2.30 bits per heavy atom. The third-order valence-electron chi connectivity index (χ3n) is 4.08. The van der Waals surface area contributed by atoms with Crippen LogP contribution in [-0.2, 0) is 4.74 Å². The number of nitrogens with one attached hydrogen (secondary N) is 1. The number of benzene rings is 1. The molecule has 1 aromatic carbocycles. The fraction of sp³-hybridized carbons (Fsp3) is 0.647. The third-order valence-corrected chi connectivity index (χ3v) is 4.08. The van der Waals surface area contributed by atoms with Crippen molar-refractivity contribution in [1.29, 1.82) is 0 Å². The van der Waals surface area contributed by atoms with Gasteiger partial charge in [0.05, 0.1) is 11.6 Å². The fourth-order valence-electron chi connectivity index (χ4n) is 2.89. The minimum Gasteiger partial charge on any atom is -0.373 e. The second-order valence-electron chi connectivity index (χ2n) is 5.20. The second kappa shape index (κ2) is 7.75. The lowest BCUT2D eigenvalue weighted by atomic mass is 9.83. The molecule has 0 fully saturated rings. The number of rotatable bonds is 8. The summed E-state index contributed by atoms with van der Waals surface area (Å²) in [5.74, 6) is -0.154. The second-order valence-corrected chi connectivity index (χ2v) is 5.20. The van der Waals surface area contributed by atoms with Gasteiger partial charge in [0.15, 0.2) is 0 Å². The number of ether oxygens (including phenoxy) is 1. The molecule has 0 saturated carbocycles. The Morgan fingerprint density at radius 2 is 1.85 bits per heavy atom. The molecule has 0 aliphatic heterocycles. The molecular formula is C17H28FNO. The van der Waals surface area contributed by atoms with Gasteiger partial charge in [-0.2, -0.15) is 0 Å². The van der Waals surface area contributed by atoms with Crippen molar-refractivity contribution in [3.63, 3.8) is 0 Å². The van der Waals surface area contributed by atoms with Gasteiger partial charge in [-0.3, -0.25) is 0 Å². The molecule has 0 bridgehead atoms. The molecular weight excluding hydrogens is 253 g/mol. The minimum atomic E-state index is -0.241. The number of hydrogen-bond acceptors (Lipinski definition) is 2. The molecule has 0 aliphatic rings. The zero-order valence-electron chi connectivity index (χ0n) is 13.4. The number of hydrogen-bond donors (Lipinski definition) is 1. The molecule has 0 amide bonds. The summed E-state index contributed by atoms with van der Waals surface area (Å²) < 4.78 is 19.6. The van der Waals surface area contributed by atoms with Gasteiger partial charge in [0.1, 0.15) is 5.82 Å². The van der Waals surface area contributed by atoms with Crippen molar-refractivity contribution in [1.82, 2.24) is 5.32 Å². The van der Waals surface area contributed by atoms with E-state index in [1.807, 2.05) is 26.0 Å². The van der Waals surface area contributed by atoms with Crippen molar-refractivity contribution in [2.75, 3.05) is 13.2 Å². The molecule has 3 heteroatoms. The molecule has 1 rings (SSSR count). The van der Waals surface area contributed by atoms with Gasteiger partial charge in [-0.25, -0.2) is 4.39 Å². The molecule has 1 aromatic rings. The van der Waals surface area contributed by atoms with E-state index in [-0.39, 0.29) is 17.5 Å². The molecule has 1 atom stereocenters. The van der Waals surface area contributed by atoms with Crippen LogP contribution in [0, 0.1) is 12.7 Å². The number of halogens is 1. The molecule has 1 N–H and O–H groups in total. The molecule has 2 nitrogen and oxygen atoms in total. The molecule has 114 valence electrons. The van der Waals surface area contributed by atoms with Crippen molar-refractivity contribution in [3.05, 3.63) is 35.1 Å². The quantitative estimate of drug-likeness (QED) is 0.763. The molecule has 0 heterocycles. The van der Waals surface area contributed by atoms with E-state index >= 15 is 0 Å². The smallest absolute Gasteiger partial charge is 0.126 e. The molecule has 20 heavy (non-hydrogen) atoms. The Kier molecular flexibility index (Phi) is 6.63. The van der Waals surface area contributed by atoms with Crippen LogP contribution in [0.25, 0.3) is 0 Å². The summed E-state index contributed by atoms with van der Waals surface area (Å²) in [5, 5.41) is 3.53. The topological polar surface area (TPSA) is 21.3 Å². The zero-order valence-corrected chi connectivity index (χ0v) is 13.4. The van der Waals surface area contributed by atoms with Crippen LogP contribution in [0.15, 0.2) is 18.2 Å². The minimum absolute atomic E-state index is 0.0850. The number of likely N-dealkylation sites (N-methyl/N-ethyl adjacent to an activating group) is 1. The Hall–Kier alpha value is -0.930. The SMILES string of the molecule is CCNC(c1ccc(F)c(C)c1)C(CC)(CC)OCC. The van der Waals surface area contributed by atoms with E-state index in [1.54, 1.807) is 6.07 Å². The van der Waals surface area contributed by atoms with Crippen LogP contribution in [-0.4, -0.2) is 18.8 Å². The van der Waals surface area contributed by atoms with Gasteiger partial charge >= 0.3 is 0 Å². The maximum Gasteiger partial charge on any atom is 0.126 e. The van der Waals surface area contributed by atoms with Crippen LogP contribution in [0.4, 0.5) is 4.39 Å². The van der Waals surface area contributed by atoms with Crippen LogP contribution in [0.3, 0.4) is 0 Å². The lowest BCUT2D eigenvalue weighted by Crippen LogP contribution is -2.45. The van der Waals surface area contributed by atoms with Gasteiger partial charge in [0.25, 0.3) is 0 Å². The predicted molar refractivity (Wildman–Crippen MR) is 82.5 cm³/mol. The Balaban J connectivity index is 3.22. The molecule has 0 aliphatic carbocycles. The van der Waals surface area contributed by atoms with Crippen LogP contribution in [0.5, 0.6) is 0 Å². The highest BCUT2D eigenvalue weighted by Gasteiger charge is 2.37. The average Bonchev–Trinajstić information content (AvgIpc) is 2.46. The lowest BCUT2D eigenvalue weighted by molar-refractivity contribution is -0.0730. The van der Waals surface area contributed by atoms with Gasteiger partial charge in [-0.15, -0.1) is 0 Å². The highest BCUT2D eigenvalue weighted by molar-refractivity contribution is 5.28. The van der Waals surface area contributed by atoms with E-state index in [0.29, 0.717) is 12.2 Å². The Morgan fingerprint density at radius 1 is 1.20 bits per heavy atom.